The van der Waals surface area contributed by atoms with E-state index in [1.807, 2.05) is 0 Å². The van der Waals surface area contributed by atoms with E-state index >= 15 is 0 Å². The lowest BCUT2D eigenvalue weighted by atomic mass is 10.2. The van der Waals surface area contributed by atoms with Crippen LogP contribution < -0.4 is 9.80 Å². The monoisotopic (exact) mass is 268 g/mol. The average Bonchev–Trinajstić information content (AvgIpc) is 2.53. The molecule has 0 atom stereocenters. The summed E-state index contributed by atoms with van der Waals surface area (Å²) >= 11 is 0. The highest BCUT2D eigenvalue weighted by molar-refractivity contribution is 5.45. The Kier molecular flexibility index (Phi) is 5.48. The maximum Gasteiger partial charge on any atom is 0.0363 e. The average molecular weight is 268 g/mol. The van der Waals surface area contributed by atoms with Gasteiger partial charge in [0.05, 0.1) is 0 Å². The van der Waals surface area contributed by atoms with E-state index in [-0.39, 0.29) is 0 Å². The summed E-state index contributed by atoms with van der Waals surface area (Å²) in [5, 5.41) is 0. The Balaban J connectivity index is 1.69. The second kappa shape index (κ2) is 7.59. The van der Waals surface area contributed by atoms with Gasteiger partial charge in [-0.3, -0.25) is 0 Å². The number of rotatable bonds is 7. The van der Waals surface area contributed by atoms with Gasteiger partial charge in [0, 0.05) is 38.6 Å². The van der Waals surface area contributed by atoms with Crippen molar-refractivity contribution in [3.05, 3.63) is 60.7 Å². The fourth-order valence-electron chi connectivity index (χ4n) is 2.32. The zero-order chi connectivity index (χ0) is 14.2. The summed E-state index contributed by atoms with van der Waals surface area (Å²) in [7, 11) is 4.33. The smallest absolute Gasteiger partial charge is 0.0363 e. The lowest BCUT2D eigenvalue weighted by Gasteiger charge is -2.22. The molecular weight excluding hydrogens is 244 g/mol. The highest BCUT2D eigenvalue weighted by Crippen LogP contribution is 2.13. The molecule has 0 unspecified atom stereocenters. The molecule has 2 heteroatoms. The molecule has 0 aliphatic rings. The highest BCUT2D eigenvalue weighted by atomic mass is 15.1. The lowest BCUT2D eigenvalue weighted by Crippen LogP contribution is -2.22. The van der Waals surface area contributed by atoms with Crippen molar-refractivity contribution in [1.29, 1.82) is 0 Å². The zero-order valence-electron chi connectivity index (χ0n) is 12.5. The number of anilines is 2. The predicted octanol–water partition coefficient (Wildman–Crippen LogP) is 4.04. The zero-order valence-corrected chi connectivity index (χ0v) is 12.5. The van der Waals surface area contributed by atoms with Gasteiger partial charge in [-0.1, -0.05) is 36.4 Å². The number of hydrogen-bond donors (Lipinski definition) is 0. The molecule has 0 bridgehead atoms. The summed E-state index contributed by atoms with van der Waals surface area (Å²) < 4.78 is 0. The van der Waals surface area contributed by atoms with Gasteiger partial charge in [0.15, 0.2) is 0 Å². The largest absolute Gasteiger partial charge is 0.375 e. The molecule has 0 radical (unpaired) electrons. The van der Waals surface area contributed by atoms with E-state index < -0.39 is 0 Å². The van der Waals surface area contributed by atoms with Crippen molar-refractivity contribution in [2.24, 2.45) is 0 Å². The molecule has 20 heavy (non-hydrogen) atoms. The van der Waals surface area contributed by atoms with E-state index in [4.69, 9.17) is 0 Å². The van der Waals surface area contributed by atoms with E-state index in [1.165, 1.54) is 24.2 Å². The van der Waals surface area contributed by atoms with Crippen LogP contribution in [0, 0.1) is 0 Å². The molecule has 0 spiro atoms. The van der Waals surface area contributed by atoms with Gasteiger partial charge < -0.3 is 9.80 Å². The Morgan fingerprint density at radius 1 is 0.600 bits per heavy atom. The summed E-state index contributed by atoms with van der Waals surface area (Å²) in [6.07, 6.45) is 2.42. The standard InChI is InChI=1S/C18H24N2/c1-19(17-11-5-3-6-12-17)15-9-10-16-20(2)18-13-7-4-8-14-18/h3-8,11-14H,9-10,15-16H2,1-2H3. The minimum absolute atomic E-state index is 1.10. The van der Waals surface area contributed by atoms with Gasteiger partial charge in [0.2, 0.25) is 0 Å². The van der Waals surface area contributed by atoms with Crippen LogP contribution >= 0.6 is 0 Å². The summed E-state index contributed by atoms with van der Waals surface area (Å²) in [6, 6.07) is 21.1. The molecule has 0 N–H and O–H groups in total. The molecule has 0 aromatic heterocycles. The first-order valence-corrected chi connectivity index (χ1v) is 7.30. The van der Waals surface area contributed by atoms with Gasteiger partial charge in [-0.05, 0) is 37.1 Å². The van der Waals surface area contributed by atoms with Crippen LogP contribution in [0.3, 0.4) is 0 Å². The Hall–Kier alpha value is -1.96. The molecule has 0 heterocycles. The quantitative estimate of drug-likeness (QED) is 0.699. The fourth-order valence-corrected chi connectivity index (χ4v) is 2.32. The minimum atomic E-state index is 1.10. The molecule has 0 aliphatic heterocycles. The van der Waals surface area contributed by atoms with Crippen LogP contribution in [-0.2, 0) is 0 Å². The van der Waals surface area contributed by atoms with Gasteiger partial charge in [-0.15, -0.1) is 0 Å². The Morgan fingerprint density at radius 2 is 0.950 bits per heavy atom. The summed E-state index contributed by atoms with van der Waals surface area (Å²) in [5.74, 6) is 0. The normalized spacial score (nSPS) is 10.3. The number of nitrogens with zero attached hydrogens (tertiary/aromatic N) is 2. The molecule has 2 nitrogen and oxygen atoms in total. The van der Waals surface area contributed by atoms with E-state index in [2.05, 4.69) is 84.6 Å². The van der Waals surface area contributed by atoms with Crippen LogP contribution in [0.1, 0.15) is 12.8 Å². The van der Waals surface area contributed by atoms with E-state index in [9.17, 15) is 0 Å². The first kappa shape index (κ1) is 14.4. The third-order valence-corrected chi connectivity index (χ3v) is 3.63. The van der Waals surface area contributed by atoms with Crippen LogP contribution in [-0.4, -0.2) is 27.2 Å². The molecule has 0 saturated carbocycles. The number of benzene rings is 2. The van der Waals surface area contributed by atoms with Crippen molar-refractivity contribution in [1.82, 2.24) is 0 Å². The summed E-state index contributed by atoms with van der Waals surface area (Å²) in [5.41, 5.74) is 2.59. The molecular formula is C18H24N2. The highest BCUT2D eigenvalue weighted by Gasteiger charge is 2.02. The van der Waals surface area contributed by atoms with Crippen LogP contribution in [0.2, 0.25) is 0 Å². The predicted molar refractivity (Wildman–Crippen MR) is 88.7 cm³/mol. The van der Waals surface area contributed by atoms with Crippen molar-refractivity contribution in [3.63, 3.8) is 0 Å². The van der Waals surface area contributed by atoms with Gasteiger partial charge >= 0.3 is 0 Å². The molecule has 0 saturated heterocycles. The Labute approximate surface area is 122 Å². The van der Waals surface area contributed by atoms with Crippen LogP contribution in [0.15, 0.2) is 60.7 Å². The van der Waals surface area contributed by atoms with Crippen molar-refractivity contribution in [2.75, 3.05) is 37.0 Å². The third kappa shape index (κ3) is 4.30. The minimum Gasteiger partial charge on any atom is -0.375 e. The fraction of sp³-hybridized carbons (Fsp3) is 0.333. The lowest BCUT2D eigenvalue weighted by molar-refractivity contribution is 0.708. The second-order valence-electron chi connectivity index (χ2n) is 5.22. The van der Waals surface area contributed by atoms with Crippen molar-refractivity contribution in [3.8, 4) is 0 Å². The molecule has 0 amide bonds. The molecule has 106 valence electrons. The summed E-state index contributed by atoms with van der Waals surface area (Å²) in [4.78, 5) is 4.64. The third-order valence-electron chi connectivity index (χ3n) is 3.63. The maximum atomic E-state index is 2.32. The first-order chi connectivity index (χ1) is 9.77. The van der Waals surface area contributed by atoms with E-state index in [0.717, 1.165) is 13.1 Å². The van der Waals surface area contributed by atoms with Gasteiger partial charge in [-0.25, -0.2) is 0 Å². The molecule has 2 aromatic rings. The maximum absolute atomic E-state index is 2.32. The van der Waals surface area contributed by atoms with Crippen molar-refractivity contribution >= 4 is 11.4 Å². The first-order valence-electron chi connectivity index (χ1n) is 7.30. The number of para-hydroxylation sites is 2. The van der Waals surface area contributed by atoms with Crippen LogP contribution in [0.25, 0.3) is 0 Å². The van der Waals surface area contributed by atoms with E-state index in [1.54, 1.807) is 0 Å². The molecule has 0 fully saturated rings. The Morgan fingerprint density at radius 3 is 1.30 bits per heavy atom. The van der Waals surface area contributed by atoms with Gasteiger partial charge in [0.25, 0.3) is 0 Å². The summed E-state index contributed by atoms with van der Waals surface area (Å²) in [6.45, 7) is 2.21. The number of unbranched alkanes of at least 4 members (excludes halogenated alkanes) is 1. The topological polar surface area (TPSA) is 6.48 Å². The number of hydrogen-bond acceptors (Lipinski definition) is 2. The van der Waals surface area contributed by atoms with Crippen LogP contribution in [0.5, 0.6) is 0 Å². The van der Waals surface area contributed by atoms with Crippen molar-refractivity contribution in [2.45, 2.75) is 12.8 Å². The molecule has 2 rings (SSSR count). The second-order valence-corrected chi connectivity index (χ2v) is 5.22. The van der Waals surface area contributed by atoms with Gasteiger partial charge in [-0.2, -0.15) is 0 Å². The SMILES string of the molecule is CN(CCCCN(C)c1ccccc1)c1ccccc1. The molecule has 0 aliphatic carbocycles. The van der Waals surface area contributed by atoms with E-state index in [0.29, 0.717) is 0 Å². The van der Waals surface area contributed by atoms with Crippen molar-refractivity contribution < 1.29 is 0 Å². The molecule has 2 aromatic carbocycles. The Bertz CT molecular complexity index is 434. The van der Waals surface area contributed by atoms with Crippen LogP contribution in [0.4, 0.5) is 11.4 Å². The van der Waals surface area contributed by atoms with Gasteiger partial charge in [0.1, 0.15) is 0 Å².